The van der Waals surface area contributed by atoms with Crippen molar-refractivity contribution in [3.63, 3.8) is 0 Å². The quantitative estimate of drug-likeness (QED) is 0.576. The van der Waals surface area contributed by atoms with Gasteiger partial charge in [-0.15, -0.1) is 0 Å². The zero-order valence-corrected chi connectivity index (χ0v) is 11.2. The summed E-state index contributed by atoms with van der Waals surface area (Å²) in [4.78, 5) is 0. The van der Waals surface area contributed by atoms with Crippen LogP contribution in [0, 0.1) is 0 Å². The van der Waals surface area contributed by atoms with Crippen molar-refractivity contribution >= 4 is 9.04 Å². The molecule has 0 aliphatic heterocycles. The highest BCUT2D eigenvalue weighted by Crippen LogP contribution is 2.43. The lowest BCUT2D eigenvalue weighted by Gasteiger charge is -2.27. The molecule has 2 saturated carbocycles. The lowest BCUT2D eigenvalue weighted by molar-refractivity contribution is 0.281. The normalized spacial score (nSPS) is 24.4. The molecule has 0 aromatic carbocycles. The minimum Gasteiger partial charge on any atom is -0.407 e. The molecule has 2 fully saturated rings. The summed E-state index contributed by atoms with van der Waals surface area (Å²) in [6.07, 6.45) is 11.7. The van der Waals surface area contributed by atoms with Gasteiger partial charge in [-0.25, -0.2) is 0 Å². The maximum absolute atomic E-state index is 6.19. The Morgan fingerprint density at radius 1 is 1.00 bits per heavy atom. The fraction of sp³-hybridized carbons (Fsp3) is 1.00. The Hall–Kier alpha value is 0.137. The molecule has 15 heavy (non-hydrogen) atoms. The summed E-state index contributed by atoms with van der Waals surface area (Å²) in [6, 6.07) is 0. The second-order valence-electron chi connectivity index (χ2n) is 5.22. The summed E-state index contributed by atoms with van der Waals surface area (Å²) in [7, 11) is 1.08. The Labute approximate surface area is 95.5 Å². The van der Waals surface area contributed by atoms with E-state index >= 15 is 0 Å². The van der Waals surface area contributed by atoms with E-state index in [4.69, 9.17) is 4.43 Å². The van der Waals surface area contributed by atoms with Gasteiger partial charge in [0.1, 0.15) is 0 Å². The standard InChI is InChI=1S/C12H25NOSi/c1-13-10-14-15(11-6-2-3-7-11)12-8-4-5-9-12/h11-13,15H,2-10H2,1H3. The van der Waals surface area contributed by atoms with Crippen LogP contribution in [0.3, 0.4) is 0 Å². The third-order valence-electron chi connectivity index (χ3n) is 4.15. The molecular formula is C12H25NOSi. The van der Waals surface area contributed by atoms with Crippen molar-refractivity contribution in [2.24, 2.45) is 0 Å². The van der Waals surface area contributed by atoms with Gasteiger partial charge in [-0.1, -0.05) is 51.4 Å². The molecule has 2 nitrogen and oxygen atoms in total. The van der Waals surface area contributed by atoms with E-state index in [0.29, 0.717) is 0 Å². The first-order valence-electron chi connectivity index (χ1n) is 6.68. The van der Waals surface area contributed by atoms with E-state index in [1.54, 1.807) is 0 Å². The molecule has 0 bridgehead atoms. The van der Waals surface area contributed by atoms with Crippen LogP contribution < -0.4 is 5.32 Å². The third-order valence-corrected chi connectivity index (χ3v) is 7.89. The highest BCUT2D eigenvalue weighted by Gasteiger charge is 2.35. The molecule has 0 heterocycles. The largest absolute Gasteiger partial charge is 0.407 e. The van der Waals surface area contributed by atoms with Gasteiger partial charge >= 0.3 is 0 Å². The molecule has 0 spiro atoms. The van der Waals surface area contributed by atoms with Crippen molar-refractivity contribution in [1.29, 1.82) is 0 Å². The molecule has 0 saturated heterocycles. The summed E-state index contributed by atoms with van der Waals surface area (Å²) in [5.74, 6) is 0. The third kappa shape index (κ3) is 3.05. The van der Waals surface area contributed by atoms with E-state index in [0.717, 1.165) is 17.8 Å². The van der Waals surface area contributed by atoms with Crippen LogP contribution in [0.5, 0.6) is 0 Å². The molecule has 2 rings (SSSR count). The Balaban J connectivity index is 1.88. The van der Waals surface area contributed by atoms with Crippen LogP contribution in [-0.4, -0.2) is 22.8 Å². The van der Waals surface area contributed by atoms with Crippen LogP contribution in [-0.2, 0) is 4.43 Å². The topological polar surface area (TPSA) is 21.3 Å². The van der Waals surface area contributed by atoms with Crippen LogP contribution >= 0.6 is 0 Å². The molecule has 1 N–H and O–H groups in total. The van der Waals surface area contributed by atoms with E-state index in [1.165, 1.54) is 51.4 Å². The van der Waals surface area contributed by atoms with Gasteiger partial charge in [0.05, 0.1) is 6.73 Å². The van der Waals surface area contributed by atoms with Crippen LogP contribution in [0.1, 0.15) is 51.4 Å². The molecule has 2 aliphatic carbocycles. The van der Waals surface area contributed by atoms with Gasteiger partial charge in [0.2, 0.25) is 0 Å². The fourth-order valence-corrected chi connectivity index (χ4v) is 7.34. The van der Waals surface area contributed by atoms with Crippen LogP contribution in [0.25, 0.3) is 0 Å². The summed E-state index contributed by atoms with van der Waals surface area (Å²) in [6.45, 7) is 0.796. The number of hydrogen-bond donors (Lipinski definition) is 1. The Kier molecular flexibility index (Phi) is 4.66. The average molecular weight is 227 g/mol. The lowest BCUT2D eigenvalue weighted by atomic mass is 10.3. The second-order valence-corrected chi connectivity index (χ2v) is 8.37. The molecule has 2 aliphatic rings. The molecule has 0 radical (unpaired) electrons. The minimum absolute atomic E-state index is 0.796. The minimum atomic E-state index is -0.919. The van der Waals surface area contributed by atoms with Crippen LogP contribution in [0.4, 0.5) is 0 Å². The predicted molar refractivity (Wildman–Crippen MR) is 66.6 cm³/mol. The van der Waals surface area contributed by atoms with Gasteiger partial charge in [-0.3, -0.25) is 5.32 Å². The van der Waals surface area contributed by atoms with E-state index in [-0.39, 0.29) is 0 Å². The Morgan fingerprint density at radius 2 is 1.47 bits per heavy atom. The maximum atomic E-state index is 6.19. The molecule has 0 aromatic heterocycles. The molecule has 0 atom stereocenters. The molecule has 0 amide bonds. The summed E-state index contributed by atoms with van der Waals surface area (Å²) in [5, 5.41) is 3.16. The highest BCUT2D eigenvalue weighted by atomic mass is 28.3. The van der Waals surface area contributed by atoms with Crippen molar-refractivity contribution < 1.29 is 4.43 Å². The van der Waals surface area contributed by atoms with Crippen molar-refractivity contribution in [3.05, 3.63) is 0 Å². The first-order chi connectivity index (χ1) is 7.42. The van der Waals surface area contributed by atoms with Gasteiger partial charge in [0, 0.05) is 0 Å². The smallest absolute Gasteiger partial charge is 0.184 e. The van der Waals surface area contributed by atoms with Crippen molar-refractivity contribution in [2.75, 3.05) is 13.8 Å². The molecule has 88 valence electrons. The van der Waals surface area contributed by atoms with Gasteiger partial charge in [0.25, 0.3) is 0 Å². The summed E-state index contributed by atoms with van der Waals surface area (Å²) in [5.41, 5.74) is 2.00. The number of nitrogens with one attached hydrogen (secondary N) is 1. The van der Waals surface area contributed by atoms with E-state index in [2.05, 4.69) is 5.32 Å². The maximum Gasteiger partial charge on any atom is 0.184 e. The predicted octanol–water partition coefficient (Wildman–Crippen LogP) is 2.79. The summed E-state index contributed by atoms with van der Waals surface area (Å²) >= 11 is 0. The SMILES string of the molecule is CNCO[SiH](C1CCCC1)C1CCCC1. The Morgan fingerprint density at radius 3 is 1.87 bits per heavy atom. The van der Waals surface area contributed by atoms with Crippen molar-refractivity contribution in [1.82, 2.24) is 5.32 Å². The van der Waals surface area contributed by atoms with Gasteiger partial charge < -0.3 is 4.43 Å². The average Bonchev–Trinajstić information content (AvgIpc) is 2.90. The van der Waals surface area contributed by atoms with Crippen molar-refractivity contribution in [3.8, 4) is 0 Å². The first kappa shape index (κ1) is 11.6. The number of rotatable bonds is 5. The van der Waals surface area contributed by atoms with E-state index in [9.17, 15) is 0 Å². The Bertz CT molecular complexity index is 160. The zero-order chi connectivity index (χ0) is 10.5. The van der Waals surface area contributed by atoms with Crippen LogP contribution in [0.2, 0.25) is 11.1 Å². The van der Waals surface area contributed by atoms with Crippen LogP contribution in [0.15, 0.2) is 0 Å². The number of hydrogen-bond acceptors (Lipinski definition) is 2. The van der Waals surface area contributed by atoms with Gasteiger partial charge in [-0.2, -0.15) is 0 Å². The van der Waals surface area contributed by atoms with E-state index < -0.39 is 9.04 Å². The summed E-state index contributed by atoms with van der Waals surface area (Å²) < 4.78 is 6.19. The molecular weight excluding hydrogens is 202 g/mol. The monoisotopic (exact) mass is 227 g/mol. The zero-order valence-electron chi connectivity index (χ0n) is 10.0. The molecule has 3 heteroatoms. The molecule has 0 aromatic rings. The van der Waals surface area contributed by atoms with Gasteiger partial charge in [0.15, 0.2) is 9.04 Å². The lowest BCUT2D eigenvalue weighted by Crippen LogP contribution is -2.32. The fourth-order valence-electron chi connectivity index (χ4n) is 3.41. The highest BCUT2D eigenvalue weighted by molar-refractivity contribution is 6.55. The molecule has 0 unspecified atom stereocenters. The second kappa shape index (κ2) is 6.02. The van der Waals surface area contributed by atoms with Crippen molar-refractivity contribution in [2.45, 2.75) is 62.4 Å². The first-order valence-corrected chi connectivity index (χ1v) is 8.48. The van der Waals surface area contributed by atoms with E-state index in [1.807, 2.05) is 7.05 Å². The van der Waals surface area contributed by atoms with Gasteiger partial charge in [-0.05, 0) is 18.1 Å².